The summed E-state index contributed by atoms with van der Waals surface area (Å²) >= 11 is 9.78. The zero-order valence-corrected chi connectivity index (χ0v) is 13.6. The molecule has 0 atom stereocenters. The molecule has 0 aliphatic carbocycles. The number of aromatic nitrogens is 3. The highest BCUT2D eigenvalue weighted by Crippen LogP contribution is 2.38. The highest BCUT2D eigenvalue weighted by molar-refractivity contribution is 9.10. The largest absolute Gasteiger partial charge is 0.383 e. The van der Waals surface area contributed by atoms with Crippen LogP contribution in [0.5, 0.6) is 0 Å². The molecule has 0 unspecified atom stereocenters. The van der Waals surface area contributed by atoms with Gasteiger partial charge in [0, 0.05) is 23.3 Å². The Balaban J connectivity index is 2.29. The summed E-state index contributed by atoms with van der Waals surface area (Å²) in [5, 5.41) is 5.12. The molecule has 0 aliphatic rings. The van der Waals surface area contributed by atoms with Crippen LogP contribution < -0.4 is 5.73 Å². The van der Waals surface area contributed by atoms with Gasteiger partial charge in [-0.2, -0.15) is 5.10 Å². The van der Waals surface area contributed by atoms with E-state index in [1.807, 2.05) is 36.4 Å². The molecule has 4 nitrogen and oxygen atoms in total. The first kappa shape index (κ1) is 14.1. The van der Waals surface area contributed by atoms with E-state index in [0.29, 0.717) is 10.8 Å². The number of nitrogens with zero attached hydrogens (tertiary/aromatic N) is 3. The van der Waals surface area contributed by atoms with Gasteiger partial charge in [0.2, 0.25) is 0 Å². The highest BCUT2D eigenvalue weighted by Gasteiger charge is 2.20. The fraction of sp³-hybridized carbons (Fsp3) is 0.0667. The molecule has 3 rings (SSSR count). The second-order valence-electron chi connectivity index (χ2n) is 4.57. The standard InChI is InChI=1S/C15H12BrClN4/c1-21-15(18)13(12-4-2-3-7-19-12)14(20-21)10-8-9(16)5-6-11(10)17/h2-8H,18H2,1H3. The Morgan fingerprint density at radius 2 is 2.05 bits per heavy atom. The van der Waals surface area contributed by atoms with Crippen molar-refractivity contribution in [3.63, 3.8) is 0 Å². The van der Waals surface area contributed by atoms with Crippen LogP contribution in [0, 0.1) is 0 Å². The van der Waals surface area contributed by atoms with E-state index in [-0.39, 0.29) is 0 Å². The van der Waals surface area contributed by atoms with Crippen molar-refractivity contribution in [3.05, 3.63) is 52.1 Å². The fourth-order valence-electron chi connectivity index (χ4n) is 2.17. The van der Waals surface area contributed by atoms with Crippen LogP contribution in [0.25, 0.3) is 22.5 Å². The van der Waals surface area contributed by atoms with Gasteiger partial charge in [0.1, 0.15) is 11.5 Å². The van der Waals surface area contributed by atoms with Gasteiger partial charge in [0.15, 0.2) is 0 Å². The summed E-state index contributed by atoms with van der Waals surface area (Å²) in [6.07, 6.45) is 1.73. The number of aryl methyl sites for hydroxylation is 1. The summed E-state index contributed by atoms with van der Waals surface area (Å²) < 4.78 is 2.56. The number of halogens is 2. The number of hydrogen-bond donors (Lipinski definition) is 1. The molecule has 3 aromatic rings. The Labute approximate surface area is 135 Å². The maximum Gasteiger partial charge on any atom is 0.131 e. The molecular formula is C15H12BrClN4. The lowest BCUT2D eigenvalue weighted by Crippen LogP contribution is -1.98. The second-order valence-corrected chi connectivity index (χ2v) is 5.89. The molecule has 0 bridgehead atoms. The maximum absolute atomic E-state index is 6.32. The van der Waals surface area contributed by atoms with E-state index in [4.69, 9.17) is 17.3 Å². The van der Waals surface area contributed by atoms with Crippen molar-refractivity contribution in [1.29, 1.82) is 0 Å². The molecule has 1 aromatic carbocycles. The van der Waals surface area contributed by atoms with Crippen LogP contribution in [0.3, 0.4) is 0 Å². The zero-order chi connectivity index (χ0) is 15.0. The van der Waals surface area contributed by atoms with Crippen molar-refractivity contribution in [1.82, 2.24) is 14.8 Å². The van der Waals surface area contributed by atoms with E-state index in [1.54, 1.807) is 17.9 Å². The summed E-state index contributed by atoms with van der Waals surface area (Å²) in [7, 11) is 1.80. The summed E-state index contributed by atoms with van der Waals surface area (Å²) in [5.41, 5.74) is 9.27. The van der Waals surface area contributed by atoms with Crippen LogP contribution in [0.2, 0.25) is 5.02 Å². The number of rotatable bonds is 2. The van der Waals surface area contributed by atoms with Gasteiger partial charge >= 0.3 is 0 Å². The van der Waals surface area contributed by atoms with Gasteiger partial charge in [-0.3, -0.25) is 9.67 Å². The molecule has 2 N–H and O–H groups in total. The lowest BCUT2D eigenvalue weighted by atomic mass is 10.0. The van der Waals surface area contributed by atoms with Crippen LogP contribution in [0.1, 0.15) is 0 Å². The van der Waals surface area contributed by atoms with Crippen molar-refractivity contribution in [3.8, 4) is 22.5 Å². The van der Waals surface area contributed by atoms with Crippen LogP contribution in [0.15, 0.2) is 47.1 Å². The van der Waals surface area contributed by atoms with E-state index < -0.39 is 0 Å². The van der Waals surface area contributed by atoms with Gasteiger partial charge < -0.3 is 5.73 Å². The first-order valence-corrected chi connectivity index (χ1v) is 7.44. The van der Waals surface area contributed by atoms with E-state index >= 15 is 0 Å². The minimum Gasteiger partial charge on any atom is -0.383 e. The molecule has 0 aliphatic heterocycles. The average molecular weight is 364 g/mol. The van der Waals surface area contributed by atoms with Crippen molar-refractivity contribution in [2.75, 3.05) is 5.73 Å². The lowest BCUT2D eigenvalue weighted by Gasteiger charge is -2.06. The summed E-state index contributed by atoms with van der Waals surface area (Å²) in [6, 6.07) is 11.3. The predicted octanol–water partition coefficient (Wildman–Crippen LogP) is 4.15. The minimum absolute atomic E-state index is 0.555. The van der Waals surface area contributed by atoms with Crippen LogP contribution in [-0.4, -0.2) is 14.8 Å². The minimum atomic E-state index is 0.555. The Bertz CT molecular complexity index is 799. The molecule has 2 aromatic heterocycles. The summed E-state index contributed by atoms with van der Waals surface area (Å²) in [6.45, 7) is 0. The SMILES string of the molecule is Cn1nc(-c2cc(Br)ccc2Cl)c(-c2ccccn2)c1N. The number of benzene rings is 1. The molecule has 106 valence electrons. The second kappa shape index (κ2) is 5.50. The topological polar surface area (TPSA) is 56.7 Å². The van der Waals surface area contributed by atoms with E-state index in [2.05, 4.69) is 26.0 Å². The molecule has 6 heteroatoms. The normalized spacial score (nSPS) is 10.8. The third-order valence-electron chi connectivity index (χ3n) is 3.20. The molecule has 0 spiro atoms. The van der Waals surface area contributed by atoms with Gasteiger partial charge in [0.25, 0.3) is 0 Å². The lowest BCUT2D eigenvalue weighted by molar-refractivity contribution is 0.782. The molecule has 0 radical (unpaired) electrons. The third kappa shape index (κ3) is 2.54. The van der Waals surface area contributed by atoms with E-state index in [0.717, 1.165) is 27.0 Å². The van der Waals surface area contributed by atoms with Crippen LogP contribution in [0.4, 0.5) is 5.82 Å². The number of anilines is 1. The molecule has 0 amide bonds. The van der Waals surface area contributed by atoms with Gasteiger partial charge in [-0.05, 0) is 30.3 Å². The molecule has 2 heterocycles. The van der Waals surface area contributed by atoms with Crippen molar-refractivity contribution in [2.24, 2.45) is 7.05 Å². The molecule has 0 fully saturated rings. The van der Waals surface area contributed by atoms with Crippen LogP contribution >= 0.6 is 27.5 Å². The summed E-state index contributed by atoms with van der Waals surface area (Å²) in [4.78, 5) is 4.37. The Hall–Kier alpha value is -1.85. The quantitative estimate of drug-likeness (QED) is 0.744. The smallest absolute Gasteiger partial charge is 0.131 e. The number of hydrogen-bond acceptors (Lipinski definition) is 3. The van der Waals surface area contributed by atoms with Gasteiger partial charge in [-0.1, -0.05) is 33.6 Å². The van der Waals surface area contributed by atoms with Crippen molar-refractivity contribution >= 4 is 33.3 Å². The van der Waals surface area contributed by atoms with Crippen molar-refractivity contribution in [2.45, 2.75) is 0 Å². The van der Waals surface area contributed by atoms with E-state index in [9.17, 15) is 0 Å². The number of nitrogens with two attached hydrogens (primary N) is 1. The average Bonchev–Trinajstić information content (AvgIpc) is 2.78. The zero-order valence-electron chi connectivity index (χ0n) is 11.2. The number of nitrogen functional groups attached to an aromatic ring is 1. The van der Waals surface area contributed by atoms with E-state index in [1.165, 1.54) is 0 Å². The van der Waals surface area contributed by atoms with Gasteiger partial charge in [0.05, 0.1) is 16.3 Å². The van der Waals surface area contributed by atoms with Gasteiger partial charge in [-0.25, -0.2) is 0 Å². The monoisotopic (exact) mass is 362 g/mol. The molecule has 21 heavy (non-hydrogen) atoms. The van der Waals surface area contributed by atoms with Crippen LogP contribution in [-0.2, 0) is 7.05 Å². The molecule has 0 saturated heterocycles. The Kier molecular flexibility index (Phi) is 3.69. The highest BCUT2D eigenvalue weighted by atomic mass is 79.9. The number of pyridine rings is 1. The fourth-order valence-corrected chi connectivity index (χ4v) is 2.74. The van der Waals surface area contributed by atoms with Crippen molar-refractivity contribution < 1.29 is 0 Å². The molecule has 0 saturated carbocycles. The third-order valence-corrected chi connectivity index (χ3v) is 4.02. The predicted molar refractivity (Wildman–Crippen MR) is 89.0 cm³/mol. The first-order valence-electron chi connectivity index (χ1n) is 6.27. The molecular weight excluding hydrogens is 352 g/mol. The first-order chi connectivity index (χ1) is 10.1. The summed E-state index contributed by atoms with van der Waals surface area (Å²) in [5.74, 6) is 0.555. The maximum atomic E-state index is 6.32. The Morgan fingerprint density at radius 1 is 1.24 bits per heavy atom. The van der Waals surface area contributed by atoms with Gasteiger partial charge in [-0.15, -0.1) is 0 Å². The Morgan fingerprint density at radius 3 is 2.76 bits per heavy atom.